The average molecular weight is 494 g/mol. The van der Waals surface area contributed by atoms with Gasteiger partial charge in [-0.1, -0.05) is 51.4 Å². The van der Waals surface area contributed by atoms with Crippen LogP contribution in [0.4, 0.5) is 4.79 Å². The van der Waals surface area contributed by atoms with Crippen molar-refractivity contribution in [1.29, 1.82) is 0 Å². The Kier molecular flexibility index (Phi) is 7.82. The summed E-state index contributed by atoms with van der Waals surface area (Å²) in [6.07, 6.45) is 0.245. The van der Waals surface area contributed by atoms with Gasteiger partial charge in [-0.2, -0.15) is 0 Å². The summed E-state index contributed by atoms with van der Waals surface area (Å²) in [6.45, 7) is 9.16. The van der Waals surface area contributed by atoms with E-state index < -0.39 is 23.2 Å². The Bertz CT molecular complexity index is 920. The Morgan fingerprint density at radius 2 is 1.79 bits per heavy atom. The zero-order chi connectivity index (χ0) is 25.3. The number of rotatable bonds is 6. The first kappa shape index (κ1) is 26.3. The highest BCUT2D eigenvalue weighted by Gasteiger charge is 2.50. The molecule has 3 atom stereocenters. The number of halogens is 1. The van der Waals surface area contributed by atoms with E-state index in [0.717, 1.165) is 5.56 Å². The summed E-state index contributed by atoms with van der Waals surface area (Å²) in [5.41, 5.74) is -0.955. The number of hydrogen-bond acceptors (Lipinski definition) is 4. The number of carbonyl (C=O) groups is 3. The number of aliphatic hydroxyl groups is 1. The minimum absolute atomic E-state index is 0.0395. The monoisotopic (exact) mass is 493 g/mol. The van der Waals surface area contributed by atoms with Crippen LogP contribution in [-0.4, -0.2) is 70.1 Å². The van der Waals surface area contributed by atoms with Gasteiger partial charge in [0, 0.05) is 43.0 Å². The van der Waals surface area contributed by atoms with Crippen LogP contribution in [0.1, 0.15) is 52.5 Å². The highest BCUT2D eigenvalue weighted by atomic mass is 35.5. The van der Waals surface area contributed by atoms with Crippen molar-refractivity contribution in [2.45, 2.75) is 58.6 Å². The summed E-state index contributed by atoms with van der Waals surface area (Å²) in [5, 5.41) is 24.2. The lowest BCUT2D eigenvalue weighted by molar-refractivity contribution is -0.156. The van der Waals surface area contributed by atoms with Crippen molar-refractivity contribution in [3.8, 4) is 0 Å². The number of likely N-dealkylation sites (tertiary alicyclic amines) is 2. The number of carbonyl (C=O) groups excluding carboxylic acids is 2. The minimum atomic E-state index is -1.11. The standard InChI is InChI=1S/C25H36ClN3O5/c1-16(2)21(27-20(30)13-17-9-11-28(14-17)23(32)33)22(31)29-12-10-25(34,24(3,4)15-29)18-5-7-19(26)8-6-18/h5-8,16-17,21,34H,9-15H2,1-4H3,(H,27,30)(H,32,33)/t17?,21-,25+/m1/s1. The van der Waals surface area contributed by atoms with E-state index in [0.29, 0.717) is 44.0 Å². The highest BCUT2D eigenvalue weighted by molar-refractivity contribution is 6.30. The first-order valence-corrected chi connectivity index (χ1v) is 12.3. The number of benzene rings is 1. The maximum Gasteiger partial charge on any atom is 0.407 e. The van der Waals surface area contributed by atoms with Gasteiger partial charge in [0.1, 0.15) is 6.04 Å². The number of amides is 3. The third-order valence-corrected chi connectivity index (χ3v) is 7.61. The molecule has 0 aromatic heterocycles. The first-order valence-electron chi connectivity index (χ1n) is 11.9. The van der Waals surface area contributed by atoms with E-state index in [9.17, 15) is 19.5 Å². The van der Waals surface area contributed by atoms with Crippen LogP contribution in [0.15, 0.2) is 24.3 Å². The van der Waals surface area contributed by atoms with Crippen molar-refractivity contribution >= 4 is 29.5 Å². The molecule has 1 aromatic carbocycles. The van der Waals surface area contributed by atoms with E-state index in [1.807, 2.05) is 39.8 Å². The molecular weight excluding hydrogens is 458 g/mol. The van der Waals surface area contributed by atoms with Gasteiger partial charge in [-0.05, 0) is 42.4 Å². The van der Waals surface area contributed by atoms with Gasteiger partial charge in [-0.3, -0.25) is 9.59 Å². The lowest BCUT2D eigenvalue weighted by Gasteiger charge is -2.51. The fraction of sp³-hybridized carbons (Fsp3) is 0.640. The van der Waals surface area contributed by atoms with Crippen molar-refractivity contribution in [2.75, 3.05) is 26.2 Å². The number of piperidine rings is 1. The summed E-state index contributed by atoms with van der Waals surface area (Å²) in [4.78, 5) is 40.4. The zero-order valence-electron chi connectivity index (χ0n) is 20.4. The Morgan fingerprint density at radius 3 is 2.32 bits per heavy atom. The summed E-state index contributed by atoms with van der Waals surface area (Å²) >= 11 is 6.01. The Balaban J connectivity index is 1.65. The zero-order valence-corrected chi connectivity index (χ0v) is 21.1. The molecule has 0 radical (unpaired) electrons. The molecule has 188 valence electrons. The molecule has 0 saturated carbocycles. The van der Waals surface area contributed by atoms with Gasteiger partial charge >= 0.3 is 6.09 Å². The van der Waals surface area contributed by atoms with Crippen LogP contribution in [-0.2, 0) is 15.2 Å². The lowest BCUT2D eigenvalue weighted by atomic mass is 9.66. The summed E-state index contributed by atoms with van der Waals surface area (Å²) < 4.78 is 0. The second kappa shape index (κ2) is 10.1. The third kappa shape index (κ3) is 5.49. The summed E-state index contributed by atoms with van der Waals surface area (Å²) in [7, 11) is 0. The summed E-state index contributed by atoms with van der Waals surface area (Å²) in [5.74, 6) is -0.551. The van der Waals surface area contributed by atoms with Crippen LogP contribution >= 0.6 is 11.6 Å². The Hall–Kier alpha value is -2.32. The predicted octanol–water partition coefficient (Wildman–Crippen LogP) is 3.32. The van der Waals surface area contributed by atoms with Gasteiger partial charge in [0.15, 0.2) is 0 Å². The maximum atomic E-state index is 13.5. The molecule has 8 nitrogen and oxygen atoms in total. The molecular formula is C25H36ClN3O5. The topological polar surface area (TPSA) is 110 Å². The number of nitrogens with zero attached hydrogens (tertiary/aromatic N) is 2. The number of hydrogen-bond donors (Lipinski definition) is 3. The van der Waals surface area contributed by atoms with E-state index in [2.05, 4.69) is 5.32 Å². The molecule has 2 aliphatic rings. The second-order valence-corrected chi connectivity index (χ2v) is 11.1. The fourth-order valence-electron chi connectivity index (χ4n) is 5.15. The highest BCUT2D eigenvalue weighted by Crippen LogP contribution is 2.46. The molecule has 0 aliphatic carbocycles. The molecule has 9 heteroatoms. The van der Waals surface area contributed by atoms with Gasteiger partial charge in [0.05, 0.1) is 5.60 Å². The molecule has 3 rings (SSSR count). The van der Waals surface area contributed by atoms with Crippen LogP contribution in [0, 0.1) is 17.3 Å². The van der Waals surface area contributed by atoms with Crippen molar-refractivity contribution in [1.82, 2.24) is 15.1 Å². The van der Waals surface area contributed by atoms with Gasteiger partial charge in [0.2, 0.25) is 11.8 Å². The van der Waals surface area contributed by atoms with Crippen LogP contribution < -0.4 is 5.32 Å². The largest absolute Gasteiger partial charge is 0.465 e. The molecule has 1 aromatic rings. The Labute approximate surface area is 206 Å². The van der Waals surface area contributed by atoms with Crippen molar-refractivity contribution in [3.05, 3.63) is 34.9 Å². The van der Waals surface area contributed by atoms with E-state index in [1.54, 1.807) is 17.0 Å². The molecule has 3 amide bonds. The van der Waals surface area contributed by atoms with Crippen LogP contribution in [0.2, 0.25) is 5.02 Å². The first-order chi connectivity index (χ1) is 15.8. The Morgan fingerprint density at radius 1 is 1.15 bits per heavy atom. The SMILES string of the molecule is CC(C)[C@@H](NC(=O)CC1CCN(C(=O)O)C1)C(=O)N1CC[C@](O)(c2ccc(Cl)cc2)C(C)(C)C1. The van der Waals surface area contributed by atoms with Gasteiger partial charge < -0.3 is 25.3 Å². The predicted molar refractivity (Wildman–Crippen MR) is 129 cm³/mol. The molecule has 1 unspecified atom stereocenters. The molecule has 34 heavy (non-hydrogen) atoms. The number of carboxylic acid groups (broad SMARTS) is 1. The maximum absolute atomic E-state index is 13.5. The minimum Gasteiger partial charge on any atom is -0.465 e. The molecule has 0 spiro atoms. The molecule has 3 N–H and O–H groups in total. The van der Waals surface area contributed by atoms with Crippen LogP contribution in [0.25, 0.3) is 0 Å². The normalized spacial score (nSPS) is 25.3. The van der Waals surface area contributed by atoms with E-state index in [4.69, 9.17) is 16.7 Å². The second-order valence-electron chi connectivity index (χ2n) is 10.6. The van der Waals surface area contributed by atoms with Gasteiger partial charge in [0.25, 0.3) is 0 Å². The van der Waals surface area contributed by atoms with Crippen LogP contribution in [0.5, 0.6) is 0 Å². The number of nitrogens with one attached hydrogen (secondary N) is 1. The van der Waals surface area contributed by atoms with E-state index in [-0.39, 0.29) is 30.1 Å². The fourth-order valence-corrected chi connectivity index (χ4v) is 5.27. The van der Waals surface area contributed by atoms with Gasteiger partial charge in [-0.15, -0.1) is 0 Å². The van der Waals surface area contributed by atoms with Crippen molar-refractivity contribution in [3.63, 3.8) is 0 Å². The molecule has 0 bridgehead atoms. The van der Waals surface area contributed by atoms with E-state index >= 15 is 0 Å². The molecule has 2 fully saturated rings. The lowest BCUT2D eigenvalue weighted by Crippen LogP contribution is -2.60. The molecule has 2 heterocycles. The summed E-state index contributed by atoms with van der Waals surface area (Å²) in [6, 6.07) is 6.49. The smallest absolute Gasteiger partial charge is 0.407 e. The molecule has 2 aliphatic heterocycles. The van der Waals surface area contributed by atoms with Gasteiger partial charge in [-0.25, -0.2) is 4.79 Å². The van der Waals surface area contributed by atoms with Crippen molar-refractivity contribution in [2.24, 2.45) is 17.3 Å². The van der Waals surface area contributed by atoms with E-state index in [1.165, 1.54) is 4.90 Å². The molecule has 2 saturated heterocycles. The van der Waals surface area contributed by atoms with Crippen LogP contribution in [0.3, 0.4) is 0 Å². The van der Waals surface area contributed by atoms with Crippen molar-refractivity contribution < 1.29 is 24.6 Å². The quantitative estimate of drug-likeness (QED) is 0.563. The average Bonchev–Trinajstić information content (AvgIpc) is 3.22. The third-order valence-electron chi connectivity index (χ3n) is 7.36.